The minimum absolute atomic E-state index is 0.230. The zero-order chi connectivity index (χ0) is 24.5. The molecule has 188 valence electrons. The molecule has 1 fully saturated rings. The van der Waals surface area contributed by atoms with E-state index < -0.39 is 0 Å². The Labute approximate surface area is 209 Å². The molecular formula is C29H39N3O3. The topological polar surface area (TPSA) is 48.8 Å². The first kappa shape index (κ1) is 25.3. The molecule has 1 aliphatic rings. The van der Waals surface area contributed by atoms with Gasteiger partial charge in [-0.25, -0.2) is 4.98 Å². The van der Waals surface area contributed by atoms with E-state index in [0.29, 0.717) is 13.2 Å². The fourth-order valence-electron chi connectivity index (χ4n) is 4.65. The molecule has 4 rings (SSSR count). The summed E-state index contributed by atoms with van der Waals surface area (Å²) in [6.45, 7) is 9.35. The van der Waals surface area contributed by atoms with Gasteiger partial charge in [0.1, 0.15) is 29.5 Å². The van der Waals surface area contributed by atoms with Crippen molar-refractivity contribution in [1.82, 2.24) is 14.5 Å². The van der Waals surface area contributed by atoms with E-state index in [1.165, 1.54) is 11.1 Å². The summed E-state index contributed by atoms with van der Waals surface area (Å²) >= 11 is 0. The van der Waals surface area contributed by atoms with Gasteiger partial charge in [0.05, 0.1) is 6.61 Å². The number of methoxy groups -OCH3 is 1. The van der Waals surface area contributed by atoms with Crippen molar-refractivity contribution in [3.05, 3.63) is 77.9 Å². The molecule has 0 aliphatic carbocycles. The highest BCUT2D eigenvalue weighted by molar-refractivity contribution is 5.27. The Hall–Kier alpha value is -2.83. The lowest BCUT2D eigenvalue weighted by atomic mass is 9.95. The van der Waals surface area contributed by atoms with Crippen LogP contribution in [0.2, 0.25) is 0 Å². The van der Waals surface area contributed by atoms with Crippen LogP contribution >= 0.6 is 0 Å². The lowest BCUT2D eigenvalue weighted by molar-refractivity contribution is -0.0541. The van der Waals surface area contributed by atoms with Crippen molar-refractivity contribution in [3.63, 3.8) is 0 Å². The molecule has 1 atom stereocenters. The maximum absolute atomic E-state index is 6.12. The summed E-state index contributed by atoms with van der Waals surface area (Å²) in [4.78, 5) is 6.78. The van der Waals surface area contributed by atoms with Gasteiger partial charge in [-0.05, 0) is 75.9 Å². The van der Waals surface area contributed by atoms with Crippen molar-refractivity contribution in [2.45, 2.75) is 58.2 Å². The predicted octanol–water partition coefficient (Wildman–Crippen LogP) is 5.42. The number of imidazole rings is 1. The molecule has 35 heavy (non-hydrogen) atoms. The smallest absolute Gasteiger partial charge is 0.119 e. The highest BCUT2D eigenvalue weighted by atomic mass is 16.5. The maximum Gasteiger partial charge on any atom is 0.119 e. The Morgan fingerprint density at radius 2 is 1.66 bits per heavy atom. The second kappa shape index (κ2) is 12.2. The van der Waals surface area contributed by atoms with E-state index in [0.717, 1.165) is 69.2 Å². The van der Waals surface area contributed by atoms with Crippen LogP contribution in [0.15, 0.2) is 60.9 Å². The van der Waals surface area contributed by atoms with E-state index in [2.05, 4.69) is 57.8 Å². The van der Waals surface area contributed by atoms with Crippen LogP contribution in [0.1, 0.15) is 42.6 Å². The van der Waals surface area contributed by atoms with E-state index in [1.54, 1.807) is 0 Å². The van der Waals surface area contributed by atoms with Gasteiger partial charge in [-0.1, -0.05) is 29.8 Å². The van der Waals surface area contributed by atoms with Gasteiger partial charge in [0, 0.05) is 39.1 Å². The third kappa shape index (κ3) is 7.33. The lowest BCUT2D eigenvalue weighted by Crippen LogP contribution is -2.39. The molecule has 6 nitrogen and oxygen atoms in total. The fraction of sp³-hybridized carbons (Fsp3) is 0.483. The highest BCUT2D eigenvalue weighted by Crippen LogP contribution is 2.28. The van der Waals surface area contributed by atoms with Crippen LogP contribution in [0.3, 0.4) is 0 Å². The molecule has 0 amide bonds. The number of aryl methyl sites for hydroxylation is 3. The van der Waals surface area contributed by atoms with E-state index >= 15 is 0 Å². The molecule has 1 aliphatic heterocycles. The Balaban J connectivity index is 1.22. The summed E-state index contributed by atoms with van der Waals surface area (Å²) in [5, 5.41) is 0. The number of rotatable bonds is 11. The highest BCUT2D eigenvalue weighted by Gasteiger charge is 2.33. The van der Waals surface area contributed by atoms with E-state index in [4.69, 9.17) is 14.2 Å². The molecule has 0 bridgehead atoms. The summed E-state index contributed by atoms with van der Waals surface area (Å²) in [6, 6.07) is 16.8. The molecule has 2 aromatic carbocycles. The van der Waals surface area contributed by atoms with Gasteiger partial charge in [0.15, 0.2) is 0 Å². The number of nitrogens with zero attached hydrogens (tertiary/aromatic N) is 3. The molecule has 1 saturated heterocycles. The summed E-state index contributed by atoms with van der Waals surface area (Å²) in [5.41, 5.74) is 2.32. The first-order chi connectivity index (χ1) is 17.0. The molecule has 2 heterocycles. The summed E-state index contributed by atoms with van der Waals surface area (Å²) in [5.74, 6) is 2.88. The van der Waals surface area contributed by atoms with Crippen LogP contribution in [-0.2, 0) is 17.8 Å². The first-order valence-corrected chi connectivity index (χ1v) is 12.7. The van der Waals surface area contributed by atoms with Gasteiger partial charge in [-0.2, -0.15) is 0 Å². The van der Waals surface area contributed by atoms with E-state index in [1.807, 2.05) is 38.6 Å². The van der Waals surface area contributed by atoms with E-state index in [9.17, 15) is 0 Å². The monoisotopic (exact) mass is 477 g/mol. The van der Waals surface area contributed by atoms with Crippen LogP contribution in [-0.4, -0.2) is 53.5 Å². The third-order valence-electron chi connectivity index (χ3n) is 7.01. The van der Waals surface area contributed by atoms with E-state index in [-0.39, 0.29) is 5.60 Å². The van der Waals surface area contributed by atoms with Crippen molar-refractivity contribution in [3.8, 4) is 11.5 Å². The number of hydrogen-bond donors (Lipinski definition) is 0. The molecule has 0 saturated carbocycles. The van der Waals surface area contributed by atoms with Crippen LogP contribution in [0.4, 0.5) is 0 Å². The van der Waals surface area contributed by atoms with Gasteiger partial charge in [0.25, 0.3) is 0 Å². The van der Waals surface area contributed by atoms with Crippen LogP contribution in [0.25, 0.3) is 0 Å². The summed E-state index contributed by atoms with van der Waals surface area (Å²) in [7, 11) is 1.82. The number of hydrogen-bond acceptors (Lipinski definition) is 5. The average Bonchev–Trinajstić information content (AvgIpc) is 3.18. The summed E-state index contributed by atoms with van der Waals surface area (Å²) < 4.78 is 20.2. The quantitative estimate of drug-likeness (QED) is 0.345. The number of ether oxygens (including phenoxy) is 3. The third-order valence-corrected chi connectivity index (χ3v) is 7.01. The van der Waals surface area contributed by atoms with Crippen LogP contribution in [0, 0.1) is 13.8 Å². The first-order valence-electron chi connectivity index (χ1n) is 12.7. The molecule has 6 heteroatoms. The molecule has 3 aromatic rings. The maximum atomic E-state index is 6.12. The van der Waals surface area contributed by atoms with Gasteiger partial charge in [0.2, 0.25) is 0 Å². The van der Waals surface area contributed by atoms with Crippen molar-refractivity contribution >= 4 is 0 Å². The zero-order valence-electron chi connectivity index (χ0n) is 21.4. The van der Waals surface area contributed by atoms with Crippen molar-refractivity contribution in [2.75, 3.05) is 33.4 Å². The molecule has 0 spiro atoms. The van der Waals surface area contributed by atoms with Crippen molar-refractivity contribution < 1.29 is 14.2 Å². The second-order valence-corrected chi connectivity index (χ2v) is 9.63. The van der Waals surface area contributed by atoms with Crippen molar-refractivity contribution in [1.29, 1.82) is 0 Å². The Morgan fingerprint density at radius 3 is 2.37 bits per heavy atom. The second-order valence-electron chi connectivity index (χ2n) is 9.63. The molecular weight excluding hydrogens is 438 g/mol. The Morgan fingerprint density at radius 1 is 0.914 bits per heavy atom. The molecule has 1 aromatic heterocycles. The number of aromatic nitrogens is 2. The molecule has 0 unspecified atom stereocenters. The zero-order valence-corrected chi connectivity index (χ0v) is 21.4. The van der Waals surface area contributed by atoms with Gasteiger partial charge in [-0.3, -0.25) is 4.90 Å². The standard InChI is InChI=1S/C29H39N3O3/c1-24-6-10-28(11-7-24)35-23-29(33-3)14-4-17-31(19-15-29)22-26-8-12-27(13-9-26)34-21-5-18-32-20-16-30-25(32)2/h6-13,16,20H,4-5,14-15,17-19,21-23H2,1-3H3/t29-/m0/s1. The van der Waals surface area contributed by atoms with Gasteiger partial charge < -0.3 is 18.8 Å². The van der Waals surface area contributed by atoms with Gasteiger partial charge >= 0.3 is 0 Å². The summed E-state index contributed by atoms with van der Waals surface area (Å²) in [6.07, 6.45) is 7.89. The van der Waals surface area contributed by atoms with Crippen LogP contribution < -0.4 is 9.47 Å². The van der Waals surface area contributed by atoms with Crippen molar-refractivity contribution in [2.24, 2.45) is 0 Å². The predicted molar refractivity (Wildman–Crippen MR) is 139 cm³/mol. The SMILES string of the molecule is CO[C@@]1(COc2ccc(C)cc2)CCCN(Cc2ccc(OCCCn3ccnc3C)cc2)CC1. The fourth-order valence-corrected chi connectivity index (χ4v) is 4.65. The molecule has 0 N–H and O–H groups in total. The number of benzene rings is 2. The minimum Gasteiger partial charge on any atom is -0.494 e. The molecule has 0 radical (unpaired) electrons. The minimum atomic E-state index is -0.230. The average molecular weight is 478 g/mol. The normalized spacial score (nSPS) is 18.8. The van der Waals surface area contributed by atoms with Crippen LogP contribution in [0.5, 0.6) is 11.5 Å². The Kier molecular flexibility index (Phi) is 8.83. The number of likely N-dealkylation sites (tertiary alicyclic amines) is 1. The lowest BCUT2D eigenvalue weighted by Gasteiger charge is -2.31. The van der Waals surface area contributed by atoms with Gasteiger partial charge in [-0.15, -0.1) is 0 Å². The largest absolute Gasteiger partial charge is 0.494 e. The Bertz CT molecular complexity index is 1030.